The smallest absolute Gasteiger partial charge is 0.263 e. The van der Waals surface area contributed by atoms with Crippen molar-refractivity contribution in [3.63, 3.8) is 0 Å². The van der Waals surface area contributed by atoms with Crippen molar-refractivity contribution in [3.8, 4) is 0 Å². The van der Waals surface area contributed by atoms with E-state index < -0.39 is 15.8 Å². The molecule has 108 valence electrons. The number of rotatable bonds is 4. The van der Waals surface area contributed by atoms with Crippen molar-refractivity contribution in [1.29, 1.82) is 0 Å². The fourth-order valence-electron chi connectivity index (χ4n) is 1.99. The van der Waals surface area contributed by atoms with Gasteiger partial charge in [0.1, 0.15) is 10.7 Å². The molecule has 0 spiro atoms. The van der Waals surface area contributed by atoms with Gasteiger partial charge in [-0.15, -0.1) is 11.3 Å². The van der Waals surface area contributed by atoms with Gasteiger partial charge in [-0.05, 0) is 48.6 Å². The number of hydrogen-bond acceptors (Lipinski definition) is 4. The molecule has 0 atom stereocenters. The number of sulfonamides is 1. The lowest BCUT2D eigenvalue weighted by Gasteiger charge is -2.10. The molecule has 2 rings (SSSR count). The first kappa shape index (κ1) is 15.0. The summed E-state index contributed by atoms with van der Waals surface area (Å²) >= 11 is 1.30. The van der Waals surface area contributed by atoms with Crippen LogP contribution in [0.25, 0.3) is 0 Å². The van der Waals surface area contributed by atoms with Crippen LogP contribution in [0, 0.1) is 19.7 Å². The van der Waals surface area contributed by atoms with Crippen molar-refractivity contribution in [1.82, 2.24) is 0 Å². The highest BCUT2D eigenvalue weighted by molar-refractivity contribution is 7.93. The van der Waals surface area contributed by atoms with Crippen molar-refractivity contribution in [2.75, 3.05) is 4.72 Å². The van der Waals surface area contributed by atoms with Crippen LogP contribution in [0.4, 0.5) is 10.1 Å². The summed E-state index contributed by atoms with van der Waals surface area (Å²) in [6.07, 6.45) is 0. The quantitative estimate of drug-likeness (QED) is 0.911. The second kappa shape index (κ2) is 5.51. The molecule has 0 fully saturated rings. The maximum absolute atomic E-state index is 13.3. The minimum Gasteiger partial charge on any atom is -0.326 e. The standard InChI is InChI=1S/C13H15FN2O2S2/c1-8-3-10(14)5-11(4-8)16-20(17,18)13-9(2)7-19-12(13)6-15/h3-5,7,16H,6,15H2,1-2H3. The van der Waals surface area contributed by atoms with E-state index in [1.807, 2.05) is 0 Å². The number of aryl methyl sites for hydroxylation is 2. The Morgan fingerprint density at radius 2 is 2.00 bits per heavy atom. The molecule has 0 saturated carbocycles. The Labute approximate surface area is 121 Å². The van der Waals surface area contributed by atoms with Crippen LogP contribution in [-0.4, -0.2) is 8.42 Å². The lowest BCUT2D eigenvalue weighted by molar-refractivity contribution is 0.600. The zero-order valence-electron chi connectivity index (χ0n) is 11.1. The van der Waals surface area contributed by atoms with Gasteiger partial charge < -0.3 is 5.73 Å². The summed E-state index contributed by atoms with van der Waals surface area (Å²) in [5, 5.41) is 1.74. The van der Waals surface area contributed by atoms with Crippen molar-refractivity contribution in [2.45, 2.75) is 25.3 Å². The molecule has 20 heavy (non-hydrogen) atoms. The molecule has 0 unspecified atom stereocenters. The third kappa shape index (κ3) is 3.00. The van der Waals surface area contributed by atoms with E-state index in [1.54, 1.807) is 25.3 Å². The molecule has 0 saturated heterocycles. The van der Waals surface area contributed by atoms with Gasteiger partial charge in [-0.25, -0.2) is 12.8 Å². The van der Waals surface area contributed by atoms with E-state index in [1.165, 1.54) is 17.4 Å². The van der Waals surface area contributed by atoms with Gasteiger partial charge in [0.2, 0.25) is 0 Å². The average molecular weight is 314 g/mol. The molecule has 0 aliphatic heterocycles. The molecule has 1 aromatic carbocycles. The Morgan fingerprint density at radius 1 is 1.30 bits per heavy atom. The molecule has 7 heteroatoms. The molecule has 0 aliphatic rings. The highest BCUT2D eigenvalue weighted by Gasteiger charge is 2.22. The van der Waals surface area contributed by atoms with Crippen molar-refractivity contribution in [2.24, 2.45) is 5.73 Å². The predicted octanol–water partition coefficient (Wildman–Crippen LogP) is 2.76. The lowest BCUT2D eigenvalue weighted by Crippen LogP contribution is -2.16. The molecule has 3 N–H and O–H groups in total. The Morgan fingerprint density at radius 3 is 2.60 bits per heavy atom. The lowest BCUT2D eigenvalue weighted by atomic mass is 10.2. The van der Waals surface area contributed by atoms with Gasteiger partial charge in [-0.3, -0.25) is 4.72 Å². The Bertz CT molecular complexity index is 719. The van der Waals surface area contributed by atoms with Crippen LogP contribution in [0.15, 0.2) is 28.5 Å². The minimum atomic E-state index is -3.76. The van der Waals surface area contributed by atoms with Crippen LogP contribution in [0.2, 0.25) is 0 Å². The van der Waals surface area contributed by atoms with Crippen molar-refractivity contribution in [3.05, 3.63) is 45.4 Å². The largest absolute Gasteiger partial charge is 0.326 e. The van der Waals surface area contributed by atoms with Gasteiger partial charge in [0.15, 0.2) is 0 Å². The topological polar surface area (TPSA) is 72.2 Å². The van der Waals surface area contributed by atoms with E-state index in [-0.39, 0.29) is 17.1 Å². The molecule has 1 aromatic heterocycles. The molecule has 0 amide bonds. The number of halogens is 1. The number of nitrogens with one attached hydrogen (secondary N) is 1. The first-order valence-corrected chi connectivity index (χ1v) is 8.27. The van der Waals surface area contributed by atoms with Gasteiger partial charge in [-0.2, -0.15) is 0 Å². The van der Waals surface area contributed by atoms with E-state index in [4.69, 9.17) is 5.73 Å². The molecular weight excluding hydrogens is 299 g/mol. The Hall–Kier alpha value is -1.44. The van der Waals surface area contributed by atoms with Gasteiger partial charge >= 0.3 is 0 Å². The van der Waals surface area contributed by atoms with Crippen LogP contribution in [0.1, 0.15) is 16.0 Å². The predicted molar refractivity (Wildman–Crippen MR) is 78.9 cm³/mol. The number of nitrogens with two attached hydrogens (primary N) is 1. The second-order valence-electron chi connectivity index (χ2n) is 4.50. The normalized spacial score (nSPS) is 11.6. The number of thiophene rings is 1. The van der Waals surface area contributed by atoms with Crippen LogP contribution in [0.5, 0.6) is 0 Å². The highest BCUT2D eigenvalue weighted by atomic mass is 32.2. The van der Waals surface area contributed by atoms with E-state index >= 15 is 0 Å². The van der Waals surface area contributed by atoms with Crippen LogP contribution in [-0.2, 0) is 16.6 Å². The third-order valence-corrected chi connectivity index (χ3v) is 5.60. The monoisotopic (exact) mass is 314 g/mol. The summed E-state index contributed by atoms with van der Waals surface area (Å²) in [6, 6.07) is 4.05. The first-order chi connectivity index (χ1) is 9.33. The summed E-state index contributed by atoms with van der Waals surface area (Å²) in [6.45, 7) is 3.56. The molecule has 0 radical (unpaired) electrons. The fourth-order valence-corrected chi connectivity index (χ4v) is 4.74. The summed E-state index contributed by atoms with van der Waals surface area (Å²) in [5.74, 6) is -0.483. The summed E-state index contributed by atoms with van der Waals surface area (Å²) in [7, 11) is -3.76. The summed E-state index contributed by atoms with van der Waals surface area (Å²) in [4.78, 5) is 0.773. The SMILES string of the molecule is Cc1cc(F)cc(NS(=O)(=O)c2c(C)csc2CN)c1. The van der Waals surface area contributed by atoms with E-state index in [9.17, 15) is 12.8 Å². The summed E-state index contributed by atoms with van der Waals surface area (Å²) < 4.78 is 40.5. The summed E-state index contributed by atoms with van der Waals surface area (Å²) in [5.41, 5.74) is 7.04. The second-order valence-corrected chi connectivity index (χ2v) is 7.08. The van der Waals surface area contributed by atoms with Crippen LogP contribution >= 0.6 is 11.3 Å². The molecule has 1 heterocycles. The average Bonchev–Trinajstić information content (AvgIpc) is 2.69. The zero-order valence-corrected chi connectivity index (χ0v) is 12.7. The van der Waals surface area contributed by atoms with Crippen LogP contribution in [0.3, 0.4) is 0 Å². The molecule has 0 aliphatic carbocycles. The van der Waals surface area contributed by atoms with E-state index in [2.05, 4.69) is 4.72 Å². The van der Waals surface area contributed by atoms with Crippen molar-refractivity contribution < 1.29 is 12.8 Å². The number of hydrogen-bond donors (Lipinski definition) is 2. The fraction of sp³-hybridized carbons (Fsp3) is 0.231. The Kier molecular flexibility index (Phi) is 4.12. The maximum Gasteiger partial charge on any atom is 0.263 e. The van der Waals surface area contributed by atoms with Gasteiger partial charge in [0.05, 0.1) is 5.69 Å². The minimum absolute atomic E-state index is 0.150. The van der Waals surface area contributed by atoms with E-state index in [0.717, 1.165) is 6.07 Å². The van der Waals surface area contributed by atoms with Crippen molar-refractivity contribution >= 4 is 27.0 Å². The van der Waals surface area contributed by atoms with Gasteiger partial charge in [0.25, 0.3) is 10.0 Å². The molecule has 4 nitrogen and oxygen atoms in total. The number of benzene rings is 1. The van der Waals surface area contributed by atoms with Gasteiger partial charge in [0, 0.05) is 11.4 Å². The first-order valence-electron chi connectivity index (χ1n) is 5.90. The van der Waals surface area contributed by atoms with Crippen LogP contribution < -0.4 is 10.5 Å². The molecule has 0 bridgehead atoms. The molecular formula is C13H15FN2O2S2. The Balaban J connectivity index is 2.43. The highest BCUT2D eigenvalue weighted by Crippen LogP contribution is 2.28. The number of anilines is 1. The van der Waals surface area contributed by atoms with Gasteiger partial charge in [-0.1, -0.05) is 0 Å². The molecule has 2 aromatic rings. The third-order valence-electron chi connectivity index (χ3n) is 2.74. The zero-order chi connectivity index (χ0) is 14.9. The van der Waals surface area contributed by atoms with E-state index in [0.29, 0.717) is 16.0 Å². The maximum atomic E-state index is 13.3.